The van der Waals surface area contributed by atoms with Crippen molar-refractivity contribution in [2.24, 2.45) is 0 Å². The highest BCUT2D eigenvalue weighted by Gasteiger charge is 2.24. The molecule has 0 bridgehead atoms. The minimum absolute atomic E-state index is 0.0226. The van der Waals surface area contributed by atoms with Crippen LogP contribution < -0.4 is 4.74 Å². The summed E-state index contributed by atoms with van der Waals surface area (Å²) in [6.45, 7) is 2.69. The lowest BCUT2D eigenvalue weighted by Crippen LogP contribution is -2.31. The molecule has 1 aliphatic heterocycles. The Bertz CT molecular complexity index is 1820. The van der Waals surface area contributed by atoms with Crippen LogP contribution in [0.5, 0.6) is 6.01 Å². The van der Waals surface area contributed by atoms with Crippen LogP contribution in [0.15, 0.2) is 60.8 Å². The summed E-state index contributed by atoms with van der Waals surface area (Å²) in [7, 11) is 0. The SMILES string of the molecule is Cc1ccc(COc2nccc(-c3ccc(Cc4nc5c(F)cc(C(=O)O)cc5n4C[C@@H]4CCO4)cc3F)n2)c(F)c1. The van der Waals surface area contributed by atoms with Crippen molar-refractivity contribution in [2.45, 2.75) is 39.0 Å². The van der Waals surface area contributed by atoms with Gasteiger partial charge in [0.1, 0.15) is 29.6 Å². The fourth-order valence-corrected chi connectivity index (χ4v) is 4.85. The summed E-state index contributed by atoms with van der Waals surface area (Å²) in [5.41, 5.74) is 2.40. The number of hydrogen-bond acceptors (Lipinski definition) is 6. The van der Waals surface area contributed by atoms with Gasteiger partial charge in [-0.3, -0.25) is 0 Å². The van der Waals surface area contributed by atoms with E-state index >= 15 is 4.39 Å². The third-order valence-electron chi connectivity index (χ3n) is 7.18. The molecule has 5 aromatic rings. The van der Waals surface area contributed by atoms with Crippen molar-refractivity contribution in [3.63, 3.8) is 0 Å². The molecule has 6 rings (SSSR count). The summed E-state index contributed by atoms with van der Waals surface area (Å²) in [4.78, 5) is 24.3. The van der Waals surface area contributed by atoms with Crippen molar-refractivity contribution in [1.29, 1.82) is 0 Å². The third kappa shape index (κ3) is 5.55. The largest absolute Gasteiger partial charge is 0.478 e. The molecule has 1 saturated heterocycles. The number of ether oxygens (including phenoxy) is 2. The summed E-state index contributed by atoms with van der Waals surface area (Å²) in [5, 5.41) is 9.42. The van der Waals surface area contributed by atoms with E-state index < -0.39 is 23.4 Å². The number of aromatic carboxylic acids is 1. The van der Waals surface area contributed by atoms with Crippen LogP contribution in [0.2, 0.25) is 0 Å². The maximum atomic E-state index is 15.4. The topological polar surface area (TPSA) is 99.4 Å². The second-order valence-corrected chi connectivity index (χ2v) is 10.2. The number of nitrogens with zero attached hydrogens (tertiary/aromatic N) is 4. The number of carboxylic acids is 1. The molecule has 0 radical (unpaired) electrons. The lowest BCUT2D eigenvalue weighted by molar-refractivity contribution is -0.0589. The number of halogens is 3. The van der Waals surface area contributed by atoms with E-state index in [1.54, 1.807) is 35.8 Å². The normalized spacial score (nSPS) is 14.6. The Morgan fingerprint density at radius 2 is 1.88 bits per heavy atom. The van der Waals surface area contributed by atoms with Gasteiger partial charge >= 0.3 is 12.0 Å². The second kappa shape index (κ2) is 11.2. The Hall–Kier alpha value is -4.77. The first kappa shape index (κ1) is 27.4. The zero-order chi connectivity index (χ0) is 29.4. The van der Waals surface area contributed by atoms with E-state index in [0.29, 0.717) is 35.6 Å². The molecule has 3 aromatic carbocycles. The molecule has 11 heteroatoms. The summed E-state index contributed by atoms with van der Waals surface area (Å²) in [5.74, 6) is -2.48. The molecule has 42 heavy (non-hydrogen) atoms. The number of carbonyl (C=O) groups is 1. The average Bonchev–Trinajstić information content (AvgIpc) is 3.27. The van der Waals surface area contributed by atoms with Crippen LogP contribution in [-0.2, 0) is 24.3 Å². The van der Waals surface area contributed by atoms with Gasteiger partial charge in [0.05, 0.1) is 29.4 Å². The van der Waals surface area contributed by atoms with Gasteiger partial charge in [0.2, 0.25) is 0 Å². The molecule has 2 aromatic heterocycles. The number of hydrogen-bond donors (Lipinski definition) is 1. The van der Waals surface area contributed by atoms with Crippen LogP contribution >= 0.6 is 0 Å². The van der Waals surface area contributed by atoms with Crippen LogP contribution in [0.25, 0.3) is 22.3 Å². The standard InChI is InChI=1S/C31H25F3N4O4/c1-17-2-4-19(23(32)10-17)16-42-31-35-8-6-26(36-31)22-5-3-18(11-24(22)33)12-28-37-29-25(34)13-20(30(39)40)14-27(29)38(28)15-21-7-9-41-21/h2-6,8,10-11,13-14,21H,7,9,12,15-16H2,1H3,(H,39,40)/t21-/m0/s1. The predicted octanol–water partition coefficient (Wildman–Crippen LogP) is 5.88. The molecule has 0 aliphatic carbocycles. The molecular weight excluding hydrogens is 549 g/mol. The van der Waals surface area contributed by atoms with Crippen molar-refractivity contribution in [3.05, 3.63) is 106 Å². The molecule has 3 heterocycles. The first-order chi connectivity index (χ1) is 20.2. The Kier molecular flexibility index (Phi) is 7.34. The lowest BCUT2D eigenvalue weighted by atomic mass is 10.1. The number of imidazole rings is 1. The van der Waals surface area contributed by atoms with Crippen molar-refractivity contribution < 1.29 is 32.5 Å². The Balaban J connectivity index is 1.25. The second-order valence-electron chi connectivity index (χ2n) is 10.2. The molecule has 1 N–H and O–H groups in total. The monoisotopic (exact) mass is 574 g/mol. The van der Waals surface area contributed by atoms with Gasteiger partial charge in [-0.05, 0) is 60.9 Å². The number of aromatic nitrogens is 4. The maximum Gasteiger partial charge on any atom is 0.335 e. The molecule has 214 valence electrons. The van der Waals surface area contributed by atoms with E-state index in [2.05, 4.69) is 15.0 Å². The van der Waals surface area contributed by atoms with Gasteiger partial charge < -0.3 is 19.1 Å². The summed E-state index contributed by atoms with van der Waals surface area (Å²) in [6.07, 6.45) is 2.31. The van der Waals surface area contributed by atoms with Gasteiger partial charge in [0.15, 0.2) is 5.82 Å². The quantitative estimate of drug-likeness (QED) is 0.235. The molecule has 1 atom stereocenters. The van der Waals surface area contributed by atoms with Crippen LogP contribution in [0, 0.1) is 24.4 Å². The van der Waals surface area contributed by atoms with Gasteiger partial charge in [-0.25, -0.2) is 27.9 Å². The van der Waals surface area contributed by atoms with Crippen LogP contribution in [0.3, 0.4) is 0 Å². The first-order valence-electron chi connectivity index (χ1n) is 13.3. The fraction of sp³-hybridized carbons (Fsp3) is 0.226. The Labute approximate surface area is 238 Å². The van der Waals surface area contributed by atoms with Gasteiger partial charge in [0, 0.05) is 30.4 Å². The number of fused-ring (bicyclic) bond motifs is 1. The molecule has 0 spiro atoms. The smallest absolute Gasteiger partial charge is 0.335 e. The number of rotatable bonds is 9. The van der Waals surface area contributed by atoms with Crippen molar-refractivity contribution in [2.75, 3.05) is 6.61 Å². The van der Waals surface area contributed by atoms with Crippen molar-refractivity contribution in [3.8, 4) is 17.3 Å². The van der Waals surface area contributed by atoms with E-state index in [-0.39, 0.29) is 47.5 Å². The van der Waals surface area contributed by atoms with Crippen molar-refractivity contribution >= 4 is 17.0 Å². The van der Waals surface area contributed by atoms with Gasteiger partial charge in [0.25, 0.3) is 0 Å². The van der Waals surface area contributed by atoms with E-state index in [1.165, 1.54) is 30.5 Å². The van der Waals surface area contributed by atoms with Crippen LogP contribution in [-0.4, -0.2) is 43.3 Å². The molecule has 1 aliphatic rings. The molecule has 0 saturated carbocycles. The molecule has 0 amide bonds. The zero-order valence-corrected chi connectivity index (χ0v) is 22.5. The van der Waals surface area contributed by atoms with E-state index in [1.807, 2.05) is 0 Å². The number of carboxylic acid groups (broad SMARTS) is 1. The maximum absolute atomic E-state index is 15.4. The first-order valence-corrected chi connectivity index (χ1v) is 13.3. The Morgan fingerprint density at radius 3 is 2.60 bits per heavy atom. The molecular formula is C31H25F3N4O4. The molecule has 0 unspecified atom stereocenters. The molecule has 1 fully saturated rings. The highest BCUT2D eigenvalue weighted by Crippen LogP contribution is 2.28. The van der Waals surface area contributed by atoms with E-state index in [4.69, 9.17) is 9.47 Å². The Morgan fingerprint density at radius 1 is 1.05 bits per heavy atom. The van der Waals surface area contributed by atoms with Gasteiger partial charge in [-0.15, -0.1) is 0 Å². The summed E-state index contributed by atoms with van der Waals surface area (Å²) in [6, 6.07) is 13.3. The average molecular weight is 575 g/mol. The van der Waals surface area contributed by atoms with Crippen LogP contribution in [0.1, 0.15) is 39.3 Å². The minimum atomic E-state index is -1.25. The fourth-order valence-electron chi connectivity index (χ4n) is 4.85. The third-order valence-corrected chi connectivity index (χ3v) is 7.18. The lowest BCUT2D eigenvalue weighted by Gasteiger charge is -2.27. The highest BCUT2D eigenvalue weighted by atomic mass is 19.1. The predicted molar refractivity (Wildman–Crippen MR) is 147 cm³/mol. The van der Waals surface area contributed by atoms with E-state index in [0.717, 1.165) is 18.1 Å². The highest BCUT2D eigenvalue weighted by molar-refractivity contribution is 5.92. The van der Waals surface area contributed by atoms with E-state index in [9.17, 15) is 18.7 Å². The number of aryl methyl sites for hydroxylation is 1. The molecule has 8 nitrogen and oxygen atoms in total. The summed E-state index contributed by atoms with van der Waals surface area (Å²) < 4.78 is 57.2. The minimum Gasteiger partial charge on any atom is -0.478 e. The van der Waals surface area contributed by atoms with Crippen molar-refractivity contribution in [1.82, 2.24) is 19.5 Å². The van der Waals surface area contributed by atoms with Gasteiger partial charge in [-0.2, -0.15) is 4.98 Å². The zero-order valence-electron chi connectivity index (χ0n) is 22.5. The van der Waals surface area contributed by atoms with Gasteiger partial charge in [-0.1, -0.05) is 18.2 Å². The number of benzene rings is 3. The van der Waals surface area contributed by atoms with Crippen LogP contribution in [0.4, 0.5) is 13.2 Å². The summed E-state index contributed by atoms with van der Waals surface area (Å²) >= 11 is 0.